The summed E-state index contributed by atoms with van der Waals surface area (Å²) < 4.78 is 35.4. The second-order valence-corrected chi connectivity index (χ2v) is 7.24. The van der Waals surface area contributed by atoms with E-state index in [0.29, 0.717) is 18.6 Å². The molecule has 0 radical (unpaired) electrons. The minimum atomic E-state index is -1.15. The predicted octanol–water partition coefficient (Wildman–Crippen LogP) is 3.27. The normalized spacial score (nSPS) is 17.0. The maximum atomic E-state index is 15.1. The van der Waals surface area contributed by atoms with Gasteiger partial charge in [-0.3, -0.25) is 14.5 Å². The summed E-state index contributed by atoms with van der Waals surface area (Å²) in [6, 6.07) is 7.50. The molecule has 156 valence electrons. The van der Waals surface area contributed by atoms with Crippen molar-refractivity contribution in [2.75, 3.05) is 13.2 Å². The predicted molar refractivity (Wildman–Crippen MR) is 105 cm³/mol. The Balaban J connectivity index is 1.63. The van der Waals surface area contributed by atoms with Gasteiger partial charge in [-0.05, 0) is 41.8 Å². The summed E-state index contributed by atoms with van der Waals surface area (Å²) in [5.41, 5.74) is 1.11. The number of benzene rings is 2. The molecule has 0 aliphatic carbocycles. The number of hydrogen-bond donors (Lipinski definition) is 1. The number of nitrogens with zero attached hydrogens (tertiary/aromatic N) is 3. The summed E-state index contributed by atoms with van der Waals surface area (Å²) >= 11 is 0. The quantitative estimate of drug-likeness (QED) is 0.652. The van der Waals surface area contributed by atoms with Gasteiger partial charge in [-0.25, -0.2) is 8.78 Å². The molecule has 5 rings (SSSR count). The largest absolute Gasteiger partial charge is 0.377 e. The van der Waals surface area contributed by atoms with Crippen molar-refractivity contribution in [3.05, 3.63) is 88.3 Å². The lowest BCUT2D eigenvalue weighted by Gasteiger charge is -2.25. The molecule has 2 aliphatic heterocycles. The molecule has 9 heteroatoms. The Hall–Kier alpha value is -3.72. The molecule has 0 saturated heterocycles. The van der Waals surface area contributed by atoms with E-state index in [1.54, 1.807) is 18.2 Å². The van der Waals surface area contributed by atoms with Crippen molar-refractivity contribution in [1.82, 2.24) is 20.3 Å². The molecule has 0 saturated carbocycles. The third-order valence-corrected chi connectivity index (χ3v) is 5.46. The minimum Gasteiger partial charge on any atom is -0.377 e. The van der Waals surface area contributed by atoms with Crippen LogP contribution in [-0.2, 0) is 4.74 Å². The second kappa shape index (κ2) is 7.51. The number of H-pyrrole nitrogens is 1. The Kier molecular flexibility index (Phi) is 4.67. The standard InChI is InChI=1S/C22H16F2N4O3/c23-16-9-13(10-17(24)19(16)12-5-7-31-8-6-12)20(18-11-25-27-26-18)28-21(29)14-3-1-2-4-15(14)22(28)30/h1-5,9-11,20H,6-8H2,(H,25,26,27). The Morgan fingerprint density at radius 1 is 1.06 bits per heavy atom. The highest BCUT2D eigenvalue weighted by molar-refractivity contribution is 6.21. The van der Waals surface area contributed by atoms with Crippen LogP contribution in [0.5, 0.6) is 0 Å². The molecular weight excluding hydrogens is 406 g/mol. The van der Waals surface area contributed by atoms with Crippen LogP contribution in [-0.4, -0.2) is 45.3 Å². The van der Waals surface area contributed by atoms with Gasteiger partial charge >= 0.3 is 0 Å². The monoisotopic (exact) mass is 422 g/mol. The van der Waals surface area contributed by atoms with E-state index < -0.39 is 29.5 Å². The van der Waals surface area contributed by atoms with Crippen molar-refractivity contribution in [3.63, 3.8) is 0 Å². The second-order valence-electron chi connectivity index (χ2n) is 7.24. The van der Waals surface area contributed by atoms with E-state index in [-0.39, 0.29) is 34.6 Å². The molecule has 0 bridgehead atoms. The zero-order chi connectivity index (χ0) is 21.5. The van der Waals surface area contributed by atoms with Crippen molar-refractivity contribution >= 4 is 17.4 Å². The van der Waals surface area contributed by atoms with E-state index in [0.717, 1.165) is 17.0 Å². The third-order valence-electron chi connectivity index (χ3n) is 5.46. The summed E-state index contributed by atoms with van der Waals surface area (Å²) in [7, 11) is 0. The van der Waals surface area contributed by atoms with Gasteiger partial charge in [0.05, 0.1) is 30.5 Å². The van der Waals surface area contributed by atoms with Gasteiger partial charge in [0.1, 0.15) is 23.4 Å². The third kappa shape index (κ3) is 3.14. The average Bonchev–Trinajstić information content (AvgIpc) is 3.38. The minimum absolute atomic E-state index is 0.0785. The fourth-order valence-corrected chi connectivity index (χ4v) is 4.05. The summed E-state index contributed by atoms with van der Waals surface area (Å²) in [4.78, 5) is 27.0. The van der Waals surface area contributed by atoms with Crippen LogP contribution < -0.4 is 0 Å². The number of halogens is 2. The fraction of sp³-hybridized carbons (Fsp3) is 0.182. The summed E-state index contributed by atoms with van der Waals surface area (Å²) in [5, 5.41) is 10.2. The molecule has 3 aromatic rings. The topological polar surface area (TPSA) is 88.2 Å². The van der Waals surface area contributed by atoms with Crippen LogP contribution in [0, 0.1) is 11.6 Å². The molecule has 31 heavy (non-hydrogen) atoms. The van der Waals surface area contributed by atoms with Crippen LogP contribution in [0.15, 0.2) is 48.7 Å². The molecular formula is C22H16F2N4O3. The van der Waals surface area contributed by atoms with Gasteiger partial charge in [-0.2, -0.15) is 15.4 Å². The highest BCUT2D eigenvalue weighted by Crippen LogP contribution is 2.37. The number of carbonyl (C=O) groups is 2. The molecule has 0 fully saturated rings. The molecule has 1 unspecified atom stereocenters. The number of imide groups is 1. The maximum absolute atomic E-state index is 15.1. The number of rotatable bonds is 4. The summed E-state index contributed by atoms with van der Waals surface area (Å²) in [5.74, 6) is -2.70. The van der Waals surface area contributed by atoms with Crippen molar-refractivity contribution < 1.29 is 23.1 Å². The number of hydrogen-bond acceptors (Lipinski definition) is 5. The molecule has 1 atom stereocenters. The molecule has 2 amide bonds. The van der Waals surface area contributed by atoms with E-state index in [2.05, 4.69) is 15.4 Å². The van der Waals surface area contributed by atoms with Gasteiger partial charge in [-0.1, -0.05) is 18.2 Å². The fourth-order valence-electron chi connectivity index (χ4n) is 4.05. The van der Waals surface area contributed by atoms with Crippen LogP contribution >= 0.6 is 0 Å². The van der Waals surface area contributed by atoms with Crippen molar-refractivity contribution in [1.29, 1.82) is 0 Å². The number of aromatic nitrogens is 3. The summed E-state index contributed by atoms with van der Waals surface area (Å²) in [6.07, 6.45) is 3.35. The number of ether oxygens (including phenoxy) is 1. The van der Waals surface area contributed by atoms with Gasteiger partial charge < -0.3 is 4.74 Å². The van der Waals surface area contributed by atoms with E-state index in [9.17, 15) is 9.59 Å². The van der Waals surface area contributed by atoms with Crippen molar-refractivity contribution in [3.8, 4) is 0 Å². The Morgan fingerprint density at radius 3 is 2.29 bits per heavy atom. The maximum Gasteiger partial charge on any atom is 0.262 e. The molecule has 7 nitrogen and oxygen atoms in total. The number of carbonyl (C=O) groups excluding carboxylic acids is 2. The molecule has 3 heterocycles. The lowest BCUT2D eigenvalue weighted by molar-refractivity contribution is 0.0605. The number of amides is 2. The molecule has 1 N–H and O–H groups in total. The van der Waals surface area contributed by atoms with Gasteiger partial charge in [0, 0.05) is 5.56 Å². The first-order valence-electron chi connectivity index (χ1n) is 9.65. The molecule has 0 spiro atoms. The molecule has 2 aliphatic rings. The number of fused-ring (bicyclic) bond motifs is 1. The lowest BCUT2D eigenvalue weighted by atomic mass is 9.95. The number of aromatic amines is 1. The highest BCUT2D eigenvalue weighted by Gasteiger charge is 2.42. The van der Waals surface area contributed by atoms with E-state index >= 15 is 8.78 Å². The first kappa shape index (κ1) is 19.3. The van der Waals surface area contributed by atoms with Crippen LogP contribution in [0.1, 0.15) is 50.0 Å². The average molecular weight is 422 g/mol. The Bertz CT molecular complexity index is 1170. The highest BCUT2D eigenvalue weighted by atomic mass is 19.1. The van der Waals surface area contributed by atoms with Gasteiger partial charge in [-0.15, -0.1) is 0 Å². The van der Waals surface area contributed by atoms with Gasteiger partial charge in [0.2, 0.25) is 0 Å². The first-order valence-corrected chi connectivity index (χ1v) is 9.65. The SMILES string of the molecule is O=C1c2ccccc2C(=O)N1C(c1cc(F)c(C2=CCOCC2)c(F)c1)c1cn[nH]n1. The van der Waals surface area contributed by atoms with E-state index in [1.807, 2.05) is 0 Å². The molecule has 1 aromatic heterocycles. The zero-order valence-corrected chi connectivity index (χ0v) is 16.1. The zero-order valence-electron chi connectivity index (χ0n) is 16.1. The van der Waals surface area contributed by atoms with Crippen LogP contribution in [0.2, 0.25) is 0 Å². The van der Waals surface area contributed by atoms with Crippen molar-refractivity contribution in [2.45, 2.75) is 12.5 Å². The first-order chi connectivity index (χ1) is 15.1. The lowest BCUT2D eigenvalue weighted by Crippen LogP contribution is -2.35. The Labute approximate surface area is 175 Å². The van der Waals surface area contributed by atoms with Crippen LogP contribution in [0.4, 0.5) is 8.78 Å². The summed E-state index contributed by atoms with van der Waals surface area (Å²) in [6.45, 7) is 0.662. The van der Waals surface area contributed by atoms with Crippen LogP contribution in [0.3, 0.4) is 0 Å². The van der Waals surface area contributed by atoms with Crippen molar-refractivity contribution in [2.24, 2.45) is 0 Å². The van der Waals surface area contributed by atoms with E-state index in [4.69, 9.17) is 4.74 Å². The van der Waals surface area contributed by atoms with E-state index in [1.165, 1.54) is 18.3 Å². The smallest absolute Gasteiger partial charge is 0.262 e. The molecule has 2 aromatic carbocycles. The van der Waals surface area contributed by atoms with Gasteiger partial charge in [0.15, 0.2) is 0 Å². The van der Waals surface area contributed by atoms with Crippen LogP contribution in [0.25, 0.3) is 5.57 Å². The van der Waals surface area contributed by atoms with Gasteiger partial charge in [0.25, 0.3) is 11.8 Å². The Morgan fingerprint density at radius 2 is 1.74 bits per heavy atom. The number of nitrogens with one attached hydrogen (secondary N) is 1.